The van der Waals surface area contributed by atoms with Crippen molar-refractivity contribution in [2.24, 2.45) is 13.0 Å². The molecule has 0 bridgehead atoms. The van der Waals surface area contributed by atoms with Crippen molar-refractivity contribution in [2.75, 3.05) is 0 Å². The molecule has 0 aliphatic heterocycles. The summed E-state index contributed by atoms with van der Waals surface area (Å²) in [6.45, 7) is 4.08. The molecule has 1 aliphatic rings. The Bertz CT molecular complexity index is 443. The Morgan fingerprint density at radius 2 is 2.17 bits per heavy atom. The molecule has 4 nitrogen and oxygen atoms in total. The third kappa shape index (κ3) is 2.64. The molecular weight excluding hydrogens is 228 g/mol. The zero-order valence-corrected chi connectivity index (χ0v) is 11.4. The van der Waals surface area contributed by atoms with Crippen molar-refractivity contribution in [1.82, 2.24) is 9.78 Å². The van der Waals surface area contributed by atoms with Crippen LogP contribution in [0.3, 0.4) is 0 Å². The first-order valence-electron chi connectivity index (χ1n) is 6.66. The molecule has 2 rings (SSSR count). The summed E-state index contributed by atoms with van der Waals surface area (Å²) in [5, 5.41) is 14.7. The summed E-state index contributed by atoms with van der Waals surface area (Å²) in [6, 6.07) is 1.91. The highest BCUT2D eigenvalue weighted by molar-refractivity contribution is 5.88. The first kappa shape index (κ1) is 13.3. The van der Waals surface area contributed by atoms with Crippen LogP contribution in [0.25, 0.3) is 0 Å². The van der Waals surface area contributed by atoms with Crippen LogP contribution in [-0.4, -0.2) is 26.3 Å². The fourth-order valence-corrected chi connectivity index (χ4v) is 2.68. The molecule has 18 heavy (non-hydrogen) atoms. The van der Waals surface area contributed by atoms with Crippen molar-refractivity contribution in [1.29, 1.82) is 0 Å². The van der Waals surface area contributed by atoms with E-state index < -0.39 is 5.60 Å². The summed E-state index contributed by atoms with van der Waals surface area (Å²) in [5.74, 6) is 0.564. The van der Waals surface area contributed by atoms with Gasteiger partial charge in [0.15, 0.2) is 5.78 Å². The molecule has 1 fully saturated rings. The van der Waals surface area contributed by atoms with Crippen LogP contribution in [0, 0.1) is 12.8 Å². The predicted molar refractivity (Wildman–Crippen MR) is 69.2 cm³/mol. The molecule has 1 heterocycles. The summed E-state index contributed by atoms with van der Waals surface area (Å²) in [6.07, 6.45) is 3.36. The van der Waals surface area contributed by atoms with Gasteiger partial charge in [-0.25, -0.2) is 0 Å². The molecule has 4 heteroatoms. The Labute approximate surface area is 108 Å². The standard InChI is InChI=1S/C14H22N2O2/c1-10-4-6-14(18,7-5-10)13(17)9-12-8-11(2)15-16(12)3/h8,10,18H,4-7,9H2,1-3H3. The van der Waals surface area contributed by atoms with Gasteiger partial charge in [0.1, 0.15) is 5.60 Å². The van der Waals surface area contributed by atoms with E-state index in [9.17, 15) is 9.90 Å². The van der Waals surface area contributed by atoms with E-state index in [0.717, 1.165) is 24.2 Å². The average molecular weight is 250 g/mol. The number of carbonyl (C=O) groups is 1. The van der Waals surface area contributed by atoms with Crippen molar-refractivity contribution < 1.29 is 9.90 Å². The number of aliphatic hydroxyl groups is 1. The van der Waals surface area contributed by atoms with Crippen LogP contribution >= 0.6 is 0 Å². The third-order valence-corrected chi connectivity index (χ3v) is 4.06. The molecule has 1 aliphatic carbocycles. The Kier molecular flexibility index (Phi) is 3.57. The van der Waals surface area contributed by atoms with Gasteiger partial charge in [0.25, 0.3) is 0 Å². The van der Waals surface area contributed by atoms with Crippen LogP contribution in [0.5, 0.6) is 0 Å². The first-order valence-corrected chi connectivity index (χ1v) is 6.66. The fourth-order valence-electron chi connectivity index (χ4n) is 2.68. The smallest absolute Gasteiger partial charge is 0.170 e. The van der Waals surface area contributed by atoms with Crippen molar-refractivity contribution in [3.63, 3.8) is 0 Å². The minimum atomic E-state index is -1.11. The van der Waals surface area contributed by atoms with Crippen LogP contribution in [0.4, 0.5) is 0 Å². The topological polar surface area (TPSA) is 55.1 Å². The van der Waals surface area contributed by atoms with Gasteiger partial charge in [-0.1, -0.05) is 6.92 Å². The Morgan fingerprint density at radius 3 is 2.67 bits per heavy atom. The minimum absolute atomic E-state index is 0.0580. The highest BCUT2D eigenvalue weighted by atomic mass is 16.3. The number of nitrogens with zero attached hydrogens (tertiary/aromatic N) is 2. The second-order valence-corrected chi connectivity index (χ2v) is 5.71. The van der Waals surface area contributed by atoms with E-state index in [0.29, 0.717) is 18.8 Å². The van der Waals surface area contributed by atoms with E-state index in [1.165, 1.54) is 0 Å². The monoisotopic (exact) mass is 250 g/mol. The summed E-state index contributed by atoms with van der Waals surface area (Å²) < 4.78 is 1.72. The third-order valence-electron chi connectivity index (χ3n) is 4.06. The molecule has 0 atom stereocenters. The Hall–Kier alpha value is -1.16. The van der Waals surface area contributed by atoms with Gasteiger partial charge in [0.2, 0.25) is 0 Å². The van der Waals surface area contributed by atoms with Crippen molar-refractivity contribution >= 4 is 5.78 Å². The number of carbonyl (C=O) groups excluding carboxylic acids is 1. The molecule has 0 spiro atoms. The number of ketones is 1. The minimum Gasteiger partial charge on any atom is -0.382 e. The van der Waals surface area contributed by atoms with Gasteiger partial charge >= 0.3 is 0 Å². The van der Waals surface area contributed by atoms with Crippen molar-refractivity contribution in [2.45, 2.75) is 51.6 Å². The number of rotatable bonds is 3. The molecule has 1 saturated carbocycles. The van der Waals surface area contributed by atoms with Gasteiger partial charge in [0, 0.05) is 12.7 Å². The quantitative estimate of drug-likeness (QED) is 0.889. The lowest BCUT2D eigenvalue weighted by Gasteiger charge is -2.33. The van der Waals surface area contributed by atoms with Crippen LogP contribution in [0.15, 0.2) is 6.07 Å². The molecule has 100 valence electrons. The predicted octanol–water partition coefficient (Wildman–Crippen LogP) is 1.78. The second kappa shape index (κ2) is 4.84. The normalized spacial score (nSPS) is 28.3. The Morgan fingerprint density at radius 1 is 1.56 bits per heavy atom. The fraction of sp³-hybridized carbons (Fsp3) is 0.714. The van der Waals surface area contributed by atoms with E-state index >= 15 is 0 Å². The van der Waals surface area contributed by atoms with Gasteiger partial charge < -0.3 is 5.11 Å². The highest BCUT2D eigenvalue weighted by Gasteiger charge is 2.38. The van der Waals surface area contributed by atoms with Crippen LogP contribution in [0.2, 0.25) is 0 Å². The van der Waals surface area contributed by atoms with Gasteiger partial charge in [-0.2, -0.15) is 5.10 Å². The molecule has 1 aromatic rings. The van der Waals surface area contributed by atoms with E-state index in [2.05, 4.69) is 12.0 Å². The summed E-state index contributed by atoms with van der Waals surface area (Å²) in [7, 11) is 1.84. The average Bonchev–Trinajstić information content (AvgIpc) is 2.62. The van der Waals surface area contributed by atoms with Crippen LogP contribution < -0.4 is 0 Å². The molecule has 1 N–H and O–H groups in total. The van der Waals surface area contributed by atoms with Gasteiger partial charge in [0.05, 0.1) is 12.1 Å². The number of hydrogen-bond donors (Lipinski definition) is 1. The summed E-state index contributed by atoms with van der Waals surface area (Å²) in [4.78, 5) is 12.3. The zero-order valence-electron chi connectivity index (χ0n) is 11.4. The zero-order chi connectivity index (χ0) is 13.3. The SMILES string of the molecule is Cc1cc(CC(=O)C2(O)CCC(C)CC2)n(C)n1. The van der Waals surface area contributed by atoms with E-state index in [1.54, 1.807) is 4.68 Å². The molecular formula is C14H22N2O2. The van der Waals surface area contributed by atoms with Crippen molar-refractivity contribution in [3.8, 4) is 0 Å². The number of aromatic nitrogens is 2. The highest BCUT2D eigenvalue weighted by Crippen LogP contribution is 2.33. The lowest BCUT2D eigenvalue weighted by Crippen LogP contribution is -2.43. The van der Waals surface area contributed by atoms with Crippen LogP contribution in [-0.2, 0) is 18.3 Å². The van der Waals surface area contributed by atoms with E-state index in [4.69, 9.17) is 0 Å². The number of Topliss-reactive ketones (excluding diaryl/α,β-unsaturated/α-hetero) is 1. The summed E-state index contributed by atoms with van der Waals surface area (Å²) in [5.41, 5.74) is 0.680. The van der Waals surface area contributed by atoms with E-state index in [-0.39, 0.29) is 12.2 Å². The summed E-state index contributed by atoms with van der Waals surface area (Å²) >= 11 is 0. The Balaban J connectivity index is 2.05. The molecule has 0 aromatic carbocycles. The van der Waals surface area contributed by atoms with Gasteiger partial charge in [-0.05, 0) is 44.6 Å². The lowest BCUT2D eigenvalue weighted by molar-refractivity contribution is -0.140. The number of aryl methyl sites for hydroxylation is 2. The second-order valence-electron chi connectivity index (χ2n) is 5.71. The molecule has 0 saturated heterocycles. The molecule has 0 unspecified atom stereocenters. The van der Waals surface area contributed by atoms with Crippen molar-refractivity contribution in [3.05, 3.63) is 17.5 Å². The lowest BCUT2D eigenvalue weighted by atomic mass is 9.76. The maximum atomic E-state index is 12.3. The molecule has 0 radical (unpaired) electrons. The molecule has 0 amide bonds. The van der Waals surface area contributed by atoms with Gasteiger partial charge in [-0.15, -0.1) is 0 Å². The molecule has 1 aromatic heterocycles. The van der Waals surface area contributed by atoms with Crippen LogP contribution in [0.1, 0.15) is 44.0 Å². The maximum Gasteiger partial charge on any atom is 0.170 e. The first-order chi connectivity index (χ1) is 8.40. The maximum absolute atomic E-state index is 12.3. The number of hydrogen-bond acceptors (Lipinski definition) is 3. The largest absolute Gasteiger partial charge is 0.382 e. The van der Waals surface area contributed by atoms with E-state index in [1.807, 2.05) is 20.0 Å². The van der Waals surface area contributed by atoms with Gasteiger partial charge in [-0.3, -0.25) is 9.48 Å².